The Bertz CT molecular complexity index is 1030. The Morgan fingerprint density at radius 2 is 1.89 bits per heavy atom. The average Bonchev–Trinajstić information content (AvgIpc) is 3.35. The molecule has 3 rings (SSSR count). The van der Waals surface area contributed by atoms with E-state index in [2.05, 4.69) is 5.32 Å². The summed E-state index contributed by atoms with van der Waals surface area (Å²) in [6.07, 6.45) is 1.32. The molecule has 1 aliphatic rings. The van der Waals surface area contributed by atoms with Gasteiger partial charge in [0.25, 0.3) is 5.91 Å². The van der Waals surface area contributed by atoms with Gasteiger partial charge in [0.2, 0.25) is 0 Å². The van der Waals surface area contributed by atoms with Crippen LogP contribution in [-0.4, -0.2) is 75.1 Å². The van der Waals surface area contributed by atoms with Crippen molar-refractivity contribution in [2.24, 2.45) is 5.10 Å². The van der Waals surface area contributed by atoms with Gasteiger partial charge in [0.05, 0.1) is 32.6 Å². The molecule has 1 aliphatic heterocycles. The number of hydrogen-bond donors (Lipinski definition) is 1. The molecule has 0 radical (unpaired) electrons. The van der Waals surface area contributed by atoms with E-state index in [1.807, 2.05) is 49.4 Å². The standard InChI is InChI=1S/C26H34N4O5/c1-5-13-27-26(32)29(14-15-33-2)18-25(31)30-23(19-9-7-6-8-10-19)17-22(28-30)21-12-11-20(34-3)16-24(21)35-4/h6-12,16,23H,5,13-15,17-18H2,1-4H3,(H,27,32). The van der Waals surface area contributed by atoms with Gasteiger partial charge in [-0.25, -0.2) is 9.80 Å². The fourth-order valence-electron chi connectivity index (χ4n) is 3.91. The highest BCUT2D eigenvalue weighted by atomic mass is 16.5. The molecule has 2 aromatic carbocycles. The van der Waals surface area contributed by atoms with Crippen LogP contribution in [0.1, 0.15) is 36.9 Å². The molecule has 9 nitrogen and oxygen atoms in total. The molecule has 188 valence electrons. The number of nitrogens with zero attached hydrogens (tertiary/aromatic N) is 3. The highest BCUT2D eigenvalue weighted by molar-refractivity contribution is 6.05. The maximum Gasteiger partial charge on any atom is 0.317 e. The first-order valence-corrected chi connectivity index (χ1v) is 11.7. The van der Waals surface area contributed by atoms with Crippen LogP contribution < -0.4 is 14.8 Å². The van der Waals surface area contributed by atoms with Gasteiger partial charge >= 0.3 is 6.03 Å². The van der Waals surface area contributed by atoms with Crippen LogP contribution >= 0.6 is 0 Å². The van der Waals surface area contributed by atoms with Crippen LogP contribution in [0.25, 0.3) is 0 Å². The SMILES string of the molecule is CCCNC(=O)N(CCOC)CC(=O)N1N=C(c2ccc(OC)cc2OC)CC1c1ccccc1. The minimum absolute atomic E-state index is 0.112. The van der Waals surface area contributed by atoms with E-state index in [0.29, 0.717) is 37.6 Å². The Labute approximate surface area is 206 Å². The van der Waals surface area contributed by atoms with Crippen molar-refractivity contribution in [1.82, 2.24) is 15.2 Å². The van der Waals surface area contributed by atoms with Gasteiger partial charge in [-0.1, -0.05) is 37.3 Å². The van der Waals surface area contributed by atoms with E-state index in [1.54, 1.807) is 27.4 Å². The van der Waals surface area contributed by atoms with Crippen LogP contribution in [0.2, 0.25) is 0 Å². The maximum atomic E-state index is 13.5. The zero-order valence-electron chi connectivity index (χ0n) is 20.8. The second-order valence-corrected chi connectivity index (χ2v) is 8.13. The first kappa shape index (κ1) is 26.0. The summed E-state index contributed by atoms with van der Waals surface area (Å²) in [6.45, 7) is 3.02. The number of benzene rings is 2. The van der Waals surface area contributed by atoms with Crippen LogP contribution in [0.3, 0.4) is 0 Å². The second kappa shape index (κ2) is 12.8. The molecule has 35 heavy (non-hydrogen) atoms. The number of methoxy groups -OCH3 is 3. The summed E-state index contributed by atoms with van der Waals surface area (Å²) >= 11 is 0. The third-order valence-corrected chi connectivity index (χ3v) is 5.77. The average molecular weight is 483 g/mol. The Kier molecular flexibility index (Phi) is 9.48. The molecule has 0 aliphatic carbocycles. The number of hydrogen-bond acceptors (Lipinski definition) is 6. The fourth-order valence-corrected chi connectivity index (χ4v) is 3.91. The van der Waals surface area contributed by atoms with Gasteiger partial charge < -0.3 is 24.4 Å². The topological polar surface area (TPSA) is 92.7 Å². The molecular weight excluding hydrogens is 448 g/mol. The van der Waals surface area contributed by atoms with Gasteiger partial charge in [0, 0.05) is 38.2 Å². The lowest BCUT2D eigenvalue weighted by molar-refractivity contribution is -0.133. The summed E-state index contributed by atoms with van der Waals surface area (Å²) in [5.41, 5.74) is 2.48. The fraction of sp³-hybridized carbons (Fsp3) is 0.423. The third kappa shape index (κ3) is 6.51. The van der Waals surface area contributed by atoms with Crippen LogP contribution in [0.15, 0.2) is 53.6 Å². The van der Waals surface area contributed by atoms with Gasteiger partial charge in [-0.3, -0.25) is 4.79 Å². The molecular formula is C26H34N4O5. The first-order chi connectivity index (χ1) is 17.0. The summed E-state index contributed by atoms with van der Waals surface area (Å²) in [7, 11) is 4.75. The number of carbonyl (C=O) groups is 2. The molecule has 3 amide bonds. The van der Waals surface area contributed by atoms with Crippen LogP contribution in [-0.2, 0) is 9.53 Å². The van der Waals surface area contributed by atoms with Crippen molar-refractivity contribution in [3.05, 3.63) is 59.7 Å². The lowest BCUT2D eigenvalue weighted by Gasteiger charge is -2.27. The minimum atomic E-state index is -0.298. The van der Waals surface area contributed by atoms with Crippen molar-refractivity contribution in [3.63, 3.8) is 0 Å². The Hall–Kier alpha value is -3.59. The molecule has 0 fully saturated rings. The highest BCUT2D eigenvalue weighted by Gasteiger charge is 2.35. The molecule has 0 bridgehead atoms. The third-order valence-electron chi connectivity index (χ3n) is 5.77. The number of nitrogens with one attached hydrogen (secondary N) is 1. The zero-order chi connectivity index (χ0) is 25.2. The lowest BCUT2D eigenvalue weighted by Crippen LogP contribution is -2.47. The maximum absolute atomic E-state index is 13.5. The molecule has 2 aromatic rings. The van der Waals surface area contributed by atoms with Gasteiger partial charge in [-0.15, -0.1) is 0 Å². The quantitative estimate of drug-likeness (QED) is 0.530. The number of carbonyl (C=O) groups excluding carboxylic acids is 2. The number of urea groups is 1. The zero-order valence-corrected chi connectivity index (χ0v) is 20.8. The molecule has 0 spiro atoms. The number of hydrazone groups is 1. The van der Waals surface area contributed by atoms with Crippen molar-refractivity contribution in [1.29, 1.82) is 0 Å². The molecule has 1 heterocycles. The number of rotatable bonds is 11. The van der Waals surface area contributed by atoms with E-state index in [-0.39, 0.29) is 24.5 Å². The molecule has 1 atom stereocenters. The smallest absolute Gasteiger partial charge is 0.317 e. The number of ether oxygens (including phenoxy) is 3. The molecule has 9 heteroatoms. The molecule has 1 unspecified atom stereocenters. The highest BCUT2D eigenvalue weighted by Crippen LogP contribution is 2.36. The van der Waals surface area contributed by atoms with E-state index >= 15 is 0 Å². The van der Waals surface area contributed by atoms with Crippen LogP contribution in [0, 0.1) is 0 Å². The van der Waals surface area contributed by atoms with Crippen molar-refractivity contribution < 1.29 is 23.8 Å². The molecule has 0 saturated carbocycles. The van der Waals surface area contributed by atoms with Crippen molar-refractivity contribution >= 4 is 17.6 Å². The van der Waals surface area contributed by atoms with E-state index in [1.165, 1.54) is 9.91 Å². The van der Waals surface area contributed by atoms with Crippen molar-refractivity contribution in [2.45, 2.75) is 25.8 Å². The van der Waals surface area contributed by atoms with Gasteiger partial charge in [0.15, 0.2) is 0 Å². The Morgan fingerprint density at radius 3 is 2.54 bits per heavy atom. The van der Waals surface area contributed by atoms with E-state index < -0.39 is 0 Å². The van der Waals surface area contributed by atoms with Crippen LogP contribution in [0.5, 0.6) is 11.5 Å². The normalized spacial score (nSPS) is 14.9. The number of amides is 3. The predicted molar refractivity (Wildman–Crippen MR) is 134 cm³/mol. The Balaban J connectivity index is 1.91. The van der Waals surface area contributed by atoms with Crippen molar-refractivity contribution in [3.8, 4) is 11.5 Å². The van der Waals surface area contributed by atoms with Gasteiger partial charge in [0.1, 0.15) is 18.0 Å². The summed E-state index contributed by atoms with van der Waals surface area (Å²) in [5, 5.41) is 9.05. The van der Waals surface area contributed by atoms with Gasteiger partial charge in [-0.05, 0) is 24.1 Å². The van der Waals surface area contributed by atoms with E-state index in [0.717, 1.165) is 23.3 Å². The van der Waals surface area contributed by atoms with Crippen LogP contribution in [0.4, 0.5) is 4.79 Å². The Morgan fingerprint density at radius 1 is 1.11 bits per heavy atom. The summed E-state index contributed by atoms with van der Waals surface area (Å²) < 4.78 is 16.0. The second-order valence-electron chi connectivity index (χ2n) is 8.13. The summed E-state index contributed by atoms with van der Waals surface area (Å²) in [4.78, 5) is 27.6. The molecule has 0 saturated heterocycles. The van der Waals surface area contributed by atoms with E-state index in [4.69, 9.17) is 19.3 Å². The van der Waals surface area contributed by atoms with E-state index in [9.17, 15) is 9.59 Å². The lowest BCUT2D eigenvalue weighted by atomic mass is 9.98. The molecule has 0 aromatic heterocycles. The first-order valence-electron chi connectivity index (χ1n) is 11.7. The summed E-state index contributed by atoms with van der Waals surface area (Å²) in [5.74, 6) is 1.01. The summed E-state index contributed by atoms with van der Waals surface area (Å²) in [6, 6.07) is 14.7. The van der Waals surface area contributed by atoms with Gasteiger partial charge in [-0.2, -0.15) is 5.10 Å². The minimum Gasteiger partial charge on any atom is -0.497 e. The monoisotopic (exact) mass is 482 g/mol. The van der Waals surface area contributed by atoms with Crippen molar-refractivity contribution in [2.75, 3.05) is 47.6 Å². The largest absolute Gasteiger partial charge is 0.497 e. The predicted octanol–water partition coefficient (Wildman–Crippen LogP) is 3.45. The molecule has 1 N–H and O–H groups in total.